The van der Waals surface area contributed by atoms with Crippen LogP contribution in [-0.2, 0) is 15.6 Å². The van der Waals surface area contributed by atoms with Gasteiger partial charge in [0.2, 0.25) is 0 Å². The number of hydrogen-bond donors (Lipinski definition) is 1. The Kier molecular flexibility index (Phi) is 5.02. The van der Waals surface area contributed by atoms with Crippen LogP contribution < -0.4 is 5.32 Å². The smallest absolute Gasteiger partial charge is 0.254 e. The molecule has 6 heteroatoms. The summed E-state index contributed by atoms with van der Waals surface area (Å²) in [7, 11) is -3.50. The van der Waals surface area contributed by atoms with Crippen molar-refractivity contribution < 1.29 is 13.2 Å². The molecule has 0 aromatic heterocycles. The number of amides is 1. The van der Waals surface area contributed by atoms with Gasteiger partial charge in [-0.25, -0.2) is 8.42 Å². The molecule has 1 amide bonds. The number of nitrogens with zero attached hydrogens (tertiary/aromatic N) is 1. The summed E-state index contributed by atoms with van der Waals surface area (Å²) >= 11 is 0. The van der Waals surface area contributed by atoms with Crippen LogP contribution in [0.2, 0.25) is 0 Å². The van der Waals surface area contributed by atoms with Crippen molar-refractivity contribution in [2.45, 2.75) is 42.0 Å². The van der Waals surface area contributed by atoms with E-state index in [4.69, 9.17) is 0 Å². The lowest BCUT2D eigenvalue weighted by Gasteiger charge is -2.28. The maximum Gasteiger partial charge on any atom is 0.254 e. The van der Waals surface area contributed by atoms with Crippen molar-refractivity contribution in [1.29, 1.82) is 0 Å². The predicted octanol–water partition coefficient (Wildman–Crippen LogP) is 2.63. The largest absolute Gasteiger partial charge is 0.331 e. The SMILES string of the molecule is O=C(c1cccc(S(=O)(=O)Cc2ccccc2)c1)N1C2CCNCC1CC2. The van der Waals surface area contributed by atoms with Crippen LogP contribution in [0.3, 0.4) is 0 Å². The number of hydrogen-bond acceptors (Lipinski definition) is 4. The van der Waals surface area contributed by atoms with Gasteiger partial charge < -0.3 is 10.2 Å². The fourth-order valence-electron chi connectivity index (χ4n) is 4.16. The second-order valence-corrected chi connectivity index (χ2v) is 9.35. The molecule has 0 radical (unpaired) electrons. The first-order valence-corrected chi connectivity index (χ1v) is 11.1. The summed E-state index contributed by atoms with van der Waals surface area (Å²) in [5, 5.41) is 3.39. The van der Waals surface area contributed by atoms with Crippen molar-refractivity contribution in [3.8, 4) is 0 Å². The number of carbonyl (C=O) groups excluding carboxylic acids is 1. The van der Waals surface area contributed by atoms with Gasteiger partial charge in [0.25, 0.3) is 5.91 Å². The van der Waals surface area contributed by atoms with Crippen LogP contribution in [-0.4, -0.2) is 44.4 Å². The molecule has 1 N–H and O–H groups in total. The Labute approximate surface area is 160 Å². The van der Waals surface area contributed by atoms with Gasteiger partial charge in [0.05, 0.1) is 10.6 Å². The standard InChI is InChI=1S/C21H24N2O3S/c24-21(23-18-9-10-19(23)14-22-12-11-18)17-7-4-8-20(13-17)27(25,26)15-16-5-2-1-3-6-16/h1-8,13,18-19,22H,9-12,14-15H2. The lowest BCUT2D eigenvalue weighted by atomic mass is 10.1. The molecule has 2 aromatic rings. The quantitative estimate of drug-likeness (QED) is 0.880. The van der Waals surface area contributed by atoms with Gasteiger partial charge in [-0.05, 0) is 49.6 Å². The Morgan fingerprint density at radius 1 is 1.00 bits per heavy atom. The predicted molar refractivity (Wildman–Crippen MR) is 104 cm³/mol. The molecule has 4 rings (SSSR count). The van der Waals surface area contributed by atoms with Crippen molar-refractivity contribution in [2.24, 2.45) is 0 Å². The molecule has 0 spiro atoms. The van der Waals surface area contributed by atoms with Gasteiger partial charge in [-0.3, -0.25) is 4.79 Å². The zero-order valence-corrected chi connectivity index (χ0v) is 16.0. The molecule has 2 aliphatic rings. The van der Waals surface area contributed by atoms with Crippen LogP contribution in [0.15, 0.2) is 59.5 Å². The van der Waals surface area contributed by atoms with Gasteiger partial charge in [0.15, 0.2) is 9.84 Å². The number of benzene rings is 2. The van der Waals surface area contributed by atoms with E-state index in [1.807, 2.05) is 23.1 Å². The van der Waals surface area contributed by atoms with Crippen molar-refractivity contribution >= 4 is 15.7 Å². The molecule has 2 bridgehead atoms. The van der Waals surface area contributed by atoms with E-state index in [9.17, 15) is 13.2 Å². The van der Waals surface area contributed by atoms with E-state index in [0.29, 0.717) is 5.56 Å². The molecule has 5 nitrogen and oxygen atoms in total. The van der Waals surface area contributed by atoms with E-state index in [0.717, 1.165) is 37.9 Å². The Hall–Kier alpha value is -2.18. The van der Waals surface area contributed by atoms with Crippen molar-refractivity contribution in [3.63, 3.8) is 0 Å². The normalized spacial score (nSPS) is 22.4. The third kappa shape index (κ3) is 3.77. The zero-order valence-electron chi connectivity index (χ0n) is 15.2. The van der Waals surface area contributed by atoms with Crippen LogP contribution in [0.1, 0.15) is 35.2 Å². The summed E-state index contributed by atoms with van der Waals surface area (Å²) in [4.78, 5) is 15.3. The molecule has 142 valence electrons. The van der Waals surface area contributed by atoms with Crippen LogP contribution in [0.4, 0.5) is 0 Å². The fraction of sp³-hybridized carbons (Fsp3) is 0.381. The Bertz CT molecular complexity index is 913. The van der Waals surface area contributed by atoms with Crippen LogP contribution >= 0.6 is 0 Å². The molecule has 2 aromatic carbocycles. The molecule has 2 heterocycles. The molecule has 2 atom stereocenters. The Morgan fingerprint density at radius 2 is 1.78 bits per heavy atom. The molecule has 2 saturated heterocycles. The monoisotopic (exact) mass is 384 g/mol. The van der Waals surface area contributed by atoms with Gasteiger partial charge in [0, 0.05) is 24.2 Å². The molecule has 27 heavy (non-hydrogen) atoms. The van der Waals surface area contributed by atoms with Crippen LogP contribution in [0.5, 0.6) is 0 Å². The zero-order chi connectivity index (χ0) is 18.9. The Morgan fingerprint density at radius 3 is 2.59 bits per heavy atom. The molecule has 2 aliphatic heterocycles. The van der Waals surface area contributed by atoms with Crippen LogP contribution in [0.25, 0.3) is 0 Å². The van der Waals surface area contributed by atoms with Gasteiger partial charge in [-0.2, -0.15) is 0 Å². The molecule has 0 saturated carbocycles. The van der Waals surface area contributed by atoms with Gasteiger partial charge >= 0.3 is 0 Å². The summed E-state index contributed by atoms with van der Waals surface area (Å²) in [5.74, 6) is -0.118. The van der Waals surface area contributed by atoms with E-state index < -0.39 is 9.84 Å². The average molecular weight is 385 g/mol. The number of sulfone groups is 1. The first kappa shape index (κ1) is 18.2. The highest BCUT2D eigenvalue weighted by Crippen LogP contribution is 2.30. The third-order valence-electron chi connectivity index (χ3n) is 5.53. The van der Waals surface area contributed by atoms with Gasteiger partial charge in [0.1, 0.15) is 0 Å². The number of carbonyl (C=O) groups is 1. The minimum Gasteiger partial charge on any atom is -0.331 e. The number of nitrogens with one attached hydrogen (secondary N) is 1. The second kappa shape index (κ2) is 7.44. The first-order chi connectivity index (χ1) is 13.0. The van der Waals surface area contributed by atoms with Crippen LogP contribution in [0, 0.1) is 0 Å². The minimum absolute atomic E-state index is 0.0528. The second-order valence-electron chi connectivity index (χ2n) is 7.36. The third-order valence-corrected chi connectivity index (χ3v) is 7.21. The average Bonchev–Trinajstić information content (AvgIpc) is 2.94. The lowest BCUT2D eigenvalue weighted by Crippen LogP contribution is -2.42. The fourth-order valence-corrected chi connectivity index (χ4v) is 5.55. The summed E-state index contributed by atoms with van der Waals surface area (Å²) in [5.41, 5.74) is 1.20. The molecular formula is C21H24N2O3S. The maximum absolute atomic E-state index is 13.2. The number of fused-ring (bicyclic) bond motifs is 2. The maximum atomic E-state index is 13.2. The summed E-state index contributed by atoms with van der Waals surface area (Å²) < 4.78 is 25.6. The van der Waals surface area contributed by atoms with Gasteiger partial charge in [-0.1, -0.05) is 36.4 Å². The molecule has 2 fully saturated rings. The minimum atomic E-state index is -3.50. The summed E-state index contributed by atoms with van der Waals surface area (Å²) in [6.45, 7) is 1.74. The first-order valence-electron chi connectivity index (χ1n) is 9.45. The van der Waals surface area contributed by atoms with E-state index in [2.05, 4.69) is 5.32 Å². The van der Waals surface area contributed by atoms with Gasteiger partial charge in [-0.15, -0.1) is 0 Å². The van der Waals surface area contributed by atoms with Crippen molar-refractivity contribution in [2.75, 3.05) is 13.1 Å². The van der Waals surface area contributed by atoms with E-state index in [1.54, 1.807) is 36.4 Å². The summed E-state index contributed by atoms with van der Waals surface area (Å²) in [6, 6.07) is 16.1. The molecular weight excluding hydrogens is 360 g/mol. The topological polar surface area (TPSA) is 66.5 Å². The highest BCUT2D eigenvalue weighted by molar-refractivity contribution is 7.90. The molecule has 2 unspecified atom stereocenters. The summed E-state index contributed by atoms with van der Waals surface area (Å²) in [6.07, 6.45) is 2.99. The highest BCUT2D eigenvalue weighted by atomic mass is 32.2. The Balaban J connectivity index is 1.60. The number of rotatable bonds is 4. The van der Waals surface area contributed by atoms with E-state index in [-0.39, 0.29) is 28.6 Å². The van der Waals surface area contributed by atoms with Crippen molar-refractivity contribution in [1.82, 2.24) is 10.2 Å². The van der Waals surface area contributed by atoms with E-state index >= 15 is 0 Å². The van der Waals surface area contributed by atoms with Crippen molar-refractivity contribution in [3.05, 3.63) is 65.7 Å². The lowest BCUT2D eigenvalue weighted by molar-refractivity contribution is 0.0680. The van der Waals surface area contributed by atoms with E-state index in [1.165, 1.54) is 0 Å². The molecule has 0 aliphatic carbocycles. The highest BCUT2D eigenvalue weighted by Gasteiger charge is 2.38.